The molecule has 0 fully saturated rings. The molecular weight excluding hydrogens is 362 g/mol. The highest BCUT2D eigenvalue weighted by molar-refractivity contribution is 7.89. The molecule has 0 saturated carbocycles. The standard InChI is InChI=1S/C21H25NO4S/c1-3-25-20-11-10-19(16-21(20)26-4-2)27(23,24)22-14-12-18(13-15-22)17-8-6-5-7-9-17/h5-12,16H,3-4,13-15H2,1-2H3. The lowest BCUT2D eigenvalue weighted by molar-refractivity contribution is 0.287. The monoisotopic (exact) mass is 387 g/mol. The Balaban J connectivity index is 1.83. The maximum atomic E-state index is 13.1. The number of ether oxygens (including phenoxy) is 2. The van der Waals surface area contributed by atoms with Gasteiger partial charge in [0.25, 0.3) is 0 Å². The zero-order valence-electron chi connectivity index (χ0n) is 15.7. The van der Waals surface area contributed by atoms with Crippen molar-refractivity contribution in [3.63, 3.8) is 0 Å². The van der Waals surface area contributed by atoms with Crippen molar-refractivity contribution in [3.8, 4) is 11.5 Å². The maximum Gasteiger partial charge on any atom is 0.243 e. The summed E-state index contributed by atoms with van der Waals surface area (Å²) in [6.07, 6.45) is 2.69. The molecule has 0 aliphatic carbocycles. The van der Waals surface area contributed by atoms with Gasteiger partial charge in [-0.15, -0.1) is 0 Å². The van der Waals surface area contributed by atoms with E-state index in [1.165, 1.54) is 9.88 Å². The molecule has 0 amide bonds. The van der Waals surface area contributed by atoms with Crippen LogP contribution in [0.15, 0.2) is 59.5 Å². The smallest absolute Gasteiger partial charge is 0.243 e. The first kappa shape index (κ1) is 19.5. The van der Waals surface area contributed by atoms with E-state index in [1.807, 2.05) is 38.1 Å². The predicted molar refractivity (Wildman–Crippen MR) is 107 cm³/mol. The summed E-state index contributed by atoms with van der Waals surface area (Å²) >= 11 is 0. The minimum Gasteiger partial charge on any atom is -0.490 e. The fourth-order valence-corrected chi connectivity index (χ4v) is 4.52. The Morgan fingerprint density at radius 3 is 2.30 bits per heavy atom. The van der Waals surface area contributed by atoms with Crippen LogP contribution in [0.4, 0.5) is 0 Å². The van der Waals surface area contributed by atoms with E-state index in [9.17, 15) is 8.42 Å². The van der Waals surface area contributed by atoms with Gasteiger partial charge in [0.2, 0.25) is 10.0 Å². The summed E-state index contributed by atoms with van der Waals surface area (Å²) in [6, 6.07) is 14.9. The molecule has 2 aromatic rings. The SMILES string of the molecule is CCOc1ccc(S(=O)(=O)N2CC=C(c3ccccc3)CC2)cc1OCC. The van der Waals surface area contributed by atoms with Crippen LogP contribution in [0.3, 0.4) is 0 Å². The van der Waals surface area contributed by atoms with Gasteiger partial charge in [0.15, 0.2) is 11.5 Å². The molecule has 3 rings (SSSR count). The minimum atomic E-state index is -3.59. The van der Waals surface area contributed by atoms with E-state index in [1.54, 1.807) is 18.2 Å². The molecule has 0 unspecified atom stereocenters. The number of benzene rings is 2. The zero-order chi connectivity index (χ0) is 19.3. The average Bonchev–Trinajstić information content (AvgIpc) is 2.70. The van der Waals surface area contributed by atoms with Gasteiger partial charge in [0.1, 0.15) is 0 Å². The lowest BCUT2D eigenvalue weighted by Crippen LogP contribution is -2.34. The molecule has 144 valence electrons. The van der Waals surface area contributed by atoms with Crippen molar-refractivity contribution in [2.24, 2.45) is 0 Å². The van der Waals surface area contributed by atoms with Crippen molar-refractivity contribution in [1.82, 2.24) is 4.31 Å². The van der Waals surface area contributed by atoms with Crippen LogP contribution >= 0.6 is 0 Å². The van der Waals surface area contributed by atoms with Crippen molar-refractivity contribution >= 4 is 15.6 Å². The molecule has 0 spiro atoms. The zero-order valence-corrected chi connectivity index (χ0v) is 16.5. The molecule has 6 heteroatoms. The fraction of sp³-hybridized carbons (Fsp3) is 0.333. The first-order chi connectivity index (χ1) is 13.1. The molecule has 1 heterocycles. The highest BCUT2D eigenvalue weighted by Gasteiger charge is 2.27. The Kier molecular flexibility index (Phi) is 6.19. The van der Waals surface area contributed by atoms with E-state index >= 15 is 0 Å². The Morgan fingerprint density at radius 2 is 1.67 bits per heavy atom. The van der Waals surface area contributed by atoms with Gasteiger partial charge in [0.05, 0.1) is 18.1 Å². The van der Waals surface area contributed by atoms with E-state index in [-0.39, 0.29) is 4.90 Å². The number of hydrogen-bond acceptors (Lipinski definition) is 4. The Morgan fingerprint density at radius 1 is 0.963 bits per heavy atom. The average molecular weight is 388 g/mol. The van der Waals surface area contributed by atoms with Crippen molar-refractivity contribution in [1.29, 1.82) is 0 Å². The van der Waals surface area contributed by atoms with Crippen LogP contribution in [0.1, 0.15) is 25.8 Å². The van der Waals surface area contributed by atoms with Crippen LogP contribution in [-0.4, -0.2) is 39.0 Å². The van der Waals surface area contributed by atoms with Gasteiger partial charge in [-0.3, -0.25) is 0 Å². The van der Waals surface area contributed by atoms with Gasteiger partial charge in [-0.25, -0.2) is 8.42 Å². The number of hydrogen-bond donors (Lipinski definition) is 0. The molecule has 2 aromatic carbocycles. The third kappa shape index (κ3) is 4.34. The second kappa shape index (κ2) is 8.59. The van der Waals surface area contributed by atoms with Gasteiger partial charge >= 0.3 is 0 Å². The first-order valence-electron chi connectivity index (χ1n) is 9.20. The normalized spacial score (nSPS) is 15.3. The van der Waals surface area contributed by atoms with Crippen molar-refractivity contribution in [2.45, 2.75) is 25.2 Å². The fourth-order valence-electron chi connectivity index (χ4n) is 3.12. The Hall–Kier alpha value is -2.31. The molecule has 0 saturated heterocycles. The molecule has 0 atom stereocenters. The highest BCUT2D eigenvalue weighted by atomic mass is 32.2. The van der Waals surface area contributed by atoms with Gasteiger partial charge in [0, 0.05) is 19.2 Å². The van der Waals surface area contributed by atoms with Gasteiger partial charge in [-0.2, -0.15) is 4.31 Å². The summed E-state index contributed by atoms with van der Waals surface area (Å²) in [5.74, 6) is 1.01. The summed E-state index contributed by atoms with van der Waals surface area (Å²) in [6.45, 7) is 5.49. The molecule has 0 aromatic heterocycles. The summed E-state index contributed by atoms with van der Waals surface area (Å²) in [5.41, 5.74) is 2.33. The van der Waals surface area contributed by atoms with E-state index in [2.05, 4.69) is 12.1 Å². The molecule has 0 bridgehead atoms. The second-order valence-corrected chi connectivity index (χ2v) is 8.12. The van der Waals surface area contributed by atoms with Gasteiger partial charge in [-0.1, -0.05) is 36.4 Å². The Labute approximate surface area is 161 Å². The van der Waals surface area contributed by atoms with Crippen LogP contribution in [0.25, 0.3) is 5.57 Å². The van der Waals surface area contributed by atoms with E-state index in [0.29, 0.717) is 44.2 Å². The summed E-state index contributed by atoms with van der Waals surface area (Å²) in [4.78, 5) is 0.228. The Bertz CT molecular complexity index is 907. The van der Waals surface area contributed by atoms with E-state index in [4.69, 9.17) is 9.47 Å². The van der Waals surface area contributed by atoms with Crippen LogP contribution < -0.4 is 9.47 Å². The van der Waals surface area contributed by atoms with E-state index < -0.39 is 10.0 Å². The number of sulfonamides is 1. The molecule has 5 nitrogen and oxygen atoms in total. The minimum absolute atomic E-state index is 0.228. The molecule has 27 heavy (non-hydrogen) atoms. The van der Waals surface area contributed by atoms with Crippen LogP contribution in [-0.2, 0) is 10.0 Å². The number of nitrogens with zero attached hydrogens (tertiary/aromatic N) is 1. The topological polar surface area (TPSA) is 55.8 Å². The van der Waals surface area contributed by atoms with Crippen LogP contribution in [0.5, 0.6) is 11.5 Å². The summed E-state index contributed by atoms with van der Waals surface area (Å²) < 4.78 is 38.7. The van der Waals surface area contributed by atoms with Gasteiger partial charge in [-0.05, 0) is 43.5 Å². The van der Waals surface area contributed by atoms with Crippen molar-refractivity contribution in [3.05, 3.63) is 60.2 Å². The van der Waals surface area contributed by atoms with Crippen LogP contribution in [0.2, 0.25) is 0 Å². The van der Waals surface area contributed by atoms with Crippen molar-refractivity contribution in [2.75, 3.05) is 26.3 Å². The first-order valence-corrected chi connectivity index (χ1v) is 10.6. The molecule has 1 aliphatic heterocycles. The third-order valence-electron chi connectivity index (χ3n) is 4.47. The molecular formula is C21H25NO4S. The molecule has 1 aliphatic rings. The van der Waals surface area contributed by atoms with Crippen molar-refractivity contribution < 1.29 is 17.9 Å². The largest absolute Gasteiger partial charge is 0.490 e. The lowest BCUT2D eigenvalue weighted by atomic mass is 10.0. The third-order valence-corrected chi connectivity index (χ3v) is 6.33. The molecule has 0 N–H and O–H groups in total. The number of rotatable bonds is 7. The maximum absolute atomic E-state index is 13.1. The lowest BCUT2D eigenvalue weighted by Gasteiger charge is -2.26. The van der Waals surface area contributed by atoms with Crippen LogP contribution in [0, 0.1) is 0 Å². The summed E-state index contributed by atoms with van der Waals surface area (Å²) in [7, 11) is -3.59. The highest BCUT2D eigenvalue weighted by Crippen LogP contribution is 2.32. The predicted octanol–water partition coefficient (Wildman–Crippen LogP) is 3.96. The van der Waals surface area contributed by atoms with Gasteiger partial charge < -0.3 is 9.47 Å². The summed E-state index contributed by atoms with van der Waals surface area (Å²) in [5, 5.41) is 0. The molecule has 0 radical (unpaired) electrons. The van der Waals surface area contributed by atoms with E-state index in [0.717, 1.165) is 5.56 Å². The second-order valence-electron chi connectivity index (χ2n) is 6.18. The quantitative estimate of drug-likeness (QED) is 0.722.